The average Bonchev–Trinajstić information content (AvgIpc) is 3.27. The molecule has 0 aliphatic rings. The fourth-order valence-corrected chi connectivity index (χ4v) is 3.20. The van der Waals surface area contributed by atoms with Crippen LogP contribution < -0.4 is 0 Å². The third-order valence-corrected chi connectivity index (χ3v) is 5.07. The number of aliphatic hydroxyl groups is 1. The summed E-state index contributed by atoms with van der Waals surface area (Å²) >= 11 is 5.74. The van der Waals surface area contributed by atoms with Gasteiger partial charge in [0.25, 0.3) is 0 Å². The van der Waals surface area contributed by atoms with Gasteiger partial charge < -0.3 is 9.52 Å². The Labute approximate surface area is 145 Å². The highest BCUT2D eigenvalue weighted by Gasteiger charge is 2.22. The molecule has 0 spiro atoms. The number of nitrogens with zero attached hydrogens (tertiary/aromatic N) is 3. The number of benzene rings is 1. The number of tetrazole rings is 1. The molecular weight excluding hydrogens is 372 g/mol. The van der Waals surface area contributed by atoms with Gasteiger partial charge in [0.1, 0.15) is 11.2 Å². The van der Waals surface area contributed by atoms with Gasteiger partial charge in [0.05, 0.1) is 4.90 Å². The minimum absolute atomic E-state index is 0.00175. The molecule has 0 aliphatic carbocycles. The van der Waals surface area contributed by atoms with E-state index in [1.165, 1.54) is 24.3 Å². The molecule has 0 unspecified atom stereocenters. The van der Waals surface area contributed by atoms with E-state index in [4.69, 9.17) is 16.0 Å². The zero-order chi connectivity index (χ0) is 18.0. The number of aromatic amines is 1. The summed E-state index contributed by atoms with van der Waals surface area (Å²) in [4.78, 5) is 11.8. The molecule has 25 heavy (non-hydrogen) atoms. The number of rotatable bonds is 5. The standard InChI is InChI=1S/C14H9ClN4O5S/c15-8-1-3-9(4-2-8)25(22,23)10-5-13(24-7-10)11(20)6-12(21)14-16-18-19-17-14/h1-7,21H,(H,16,17,18,19). The molecule has 0 fully saturated rings. The first kappa shape index (κ1) is 16.9. The summed E-state index contributed by atoms with van der Waals surface area (Å²) in [6, 6.07) is 6.62. The highest BCUT2D eigenvalue weighted by Crippen LogP contribution is 2.24. The molecule has 2 aromatic heterocycles. The lowest BCUT2D eigenvalue weighted by atomic mass is 10.2. The minimum Gasteiger partial charge on any atom is -0.504 e. The lowest BCUT2D eigenvalue weighted by molar-refractivity contribution is 0.102. The normalized spacial score (nSPS) is 12.3. The van der Waals surface area contributed by atoms with Crippen molar-refractivity contribution in [1.29, 1.82) is 0 Å². The van der Waals surface area contributed by atoms with Crippen molar-refractivity contribution in [3.8, 4) is 0 Å². The number of ketones is 1. The Bertz CT molecular complexity index is 1040. The summed E-state index contributed by atoms with van der Waals surface area (Å²) in [5.74, 6) is -1.77. The number of nitrogens with one attached hydrogen (secondary N) is 1. The minimum atomic E-state index is -3.87. The summed E-state index contributed by atoms with van der Waals surface area (Å²) in [6.45, 7) is 0. The summed E-state index contributed by atoms with van der Waals surface area (Å²) in [6.07, 6.45) is 1.73. The second-order valence-electron chi connectivity index (χ2n) is 4.73. The smallest absolute Gasteiger partial charge is 0.239 e. The van der Waals surface area contributed by atoms with E-state index >= 15 is 0 Å². The van der Waals surface area contributed by atoms with Gasteiger partial charge in [-0.3, -0.25) is 4.79 Å². The summed E-state index contributed by atoms with van der Waals surface area (Å²) in [5.41, 5.74) is 0. The second kappa shape index (κ2) is 6.49. The fraction of sp³-hybridized carbons (Fsp3) is 0. The number of halogens is 1. The Morgan fingerprint density at radius 2 is 1.96 bits per heavy atom. The van der Waals surface area contributed by atoms with Gasteiger partial charge in [-0.2, -0.15) is 5.21 Å². The van der Waals surface area contributed by atoms with Crippen LogP contribution in [0.2, 0.25) is 5.02 Å². The molecule has 11 heteroatoms. The van der Waals surface area contributed by atoms with Crippen molar-refractivity contribution in [3.05, 3.63) is 59.3 Å². The lowest BCUT2D eigenvalue weighted by Gasteiger charge is -2.00. The average molecular weight is 381 g/mol. The third kappa shape index (κ3) is 3.44. The topological polar surface area (TPSA) is 139 Å². The number of sulfone groups is 1. The first-order chi connectivity index (χ1) is 11.9. The maximum Gasteiger partial charge on any atom is 0.239 e. The molecule has 0 aliphatic heterocycles. The molecule has 3 rings (SSSR count). The van der Waals surface area contributed by atoms with Gasteiger partial charge in [-0.1, -0.05) is 11.6 Å². The molecule has 0 amide bonds. The number of carbonyl (C=O) groups is 1. The zero-order valence-corrected chi connectivity index (χ0v) is 13.8. The first-order valence-corrected chi connectivity index (χ1v) is 8.52. The largest absolute Gasteiger partial charge is 0.504 e. The van der Waals surface area contributed by atoms with Crippen LogP contribution in [0, 0.1) is 0 Å². The monoisotopic (exact) mass is 380 g/mol. The SMILES string of the molecule is O=C(C=C(O)c1nn[nH]n1)c1cc(S(=O)(=O)c2ccc(Cl)cc2)co1. The molecule has 128 valence electrons. The molecule has 1 aromatic carbocycles. The maximum absolute atomic E-state index is 12.5. The van der Waals surface area contributed by atoms with E-state index in [0.717, 1.165) is 18.4 Å². The molecule has 0 saturated carbocycles. The van der Waals surface area contributed by atoms with Gasteiger partial charge in [-0.05, 0) is 29.5 Å². The summed E-state index contributed by atoms with van der Waals surface area (Å²) in [7, 11) is -3.87. The lowest BCUT2D eigenvalue weighted by Crippen LogP contribution is -2.00. The van der Waals surface area contributed by atoms with Gasteiger partial charge in [0, 0.05) is 17.2 Å². The molecule has 0 bridgehead atoms. The number of carbonyl (C=O) groups excluding carboxylic acids is 1. The molecule has 0 radical (unpaired) electrons. The van der Waals surface area contributed by atoms with E-state index in [1.807, 2.05) is 0 Å². The number of furan rings is 1. The molecule has 9 nitrogen and oxygen atoms in total. The number of aliphatic hydroxyl groups excluding tert-OH is 1. The van der Waals surface area contributed by atoms with E-state index in [9.17, 15) is 18.3 Å². The van der Waals surface area contributed by atoms with Crippen LogP contribution in [0.5, 0.6) is 0 Å². The molecule has 3 aromatic rings. The number of aromatic nitrogens is 4. The number of hydrogen-bond acceptors (Lipinski definition) is 8. The maximum atomic E-state index is 12.5. The van der Waals surface area contributed by atoms with E-state index in [0.29, 0.717) is 5.02 Å². The highest BCUT2D eigenvalue weighted by molar-refractivity contribution is 7.91. The van der Waals surface area contributed by atoms with Crippen molar-refractivity contribution in [2.24, 2.45) is 0 Å². The molecular formula is C14H9ClN4O5S. The van der Waals surface area contributed by atoms with E-state index < -0.39 is 21.4 Å². The Morgan fingerprint density at radius 3 is 2.60 bits per heavy atom. The van der Waals surface area contributed by atoms with Crippen LogP contribution in [-0.4, -0.2) is 39.9 Å². The van der Waals surface area contributed by atoms with Crippen molar-refractivity contribution in [1.82, 2.24) is 20.6 Å². The Kier molecular flexibility index (Phi) is 4.38. The Hall–Kier alpha value is -2.98. The highest BCUT2D eigenvalue weighted by atomic mass is 35.5. The fourth-order valence-electron chi connectivity index (χ4n) is 1.87. The molecule has 0 saturated heterocycles. The molecule has 0 atom stereocenters. The van der Waals surface area contributed by atoms with Gasteiger partial charge in [-0.15, -0.1) is 10.2 Å². The number of hydrogen-bond donors (Lipinski definition) is 2. The van der Waals surface area contributed by atoms with Gasteiger partial charge in [0.15, 0.2) is 11.5 Å². The number of allylic oxidation sites excluding steroid dienone is 1. The van der Waals surface area contributed by atoms with Crippen molar-refractivity contribution in [2.75, 3.05) is 0 Å². The molecule has 2 heterocycles. The zero-order valence-electron chi connectivity index (χ0n) is 12.2. The van der Waals surface area contributed by atoms with Crippen molar-refractivity contribution < 1.29 is 22.7 Å². The summed E-state index contributed by atoms with van der Waals surface area (Å²) in [5, 5.41) is 22.4. The van der Waals surface area contributed by atoms with Crippen molar-refractivity contribution >= 4 is 33.0 Å². The quantitative estimate of drug-likeness (QED) is 0.389. The van der Waals surface area contributed by atoms with Gasteiger partial charge >= 0.3 is 0 Å². The van der Waals surface area contributed by atoms with Crippen LogP contribution in [0.4, 0.5) is 0 Å². The molecule has 2 N–H and O–H groups in total. The summed E-state index contributed by atoms with van der Waals surface area (Å²) < 4.78 is 30.0. The van der Waals surface area contributed by atoms with E-state index in [-0.39, 0.29) is 21.4 Å². The van der Waals surface area contributed by atoms with E-state index in [1.54, 1.807) is 0 Å². The predicted molar refractivity (Wildman–Crippen MR) is 84.7 cm³/mol. The van der Waals surface area contributed by atoms with Crippen LogP contribution in [0.3, 0.4) is 0 Å². The van der Waals surface area contributed by atoms with Gasteiger partial charge in [0.2, 0.25) is 21.4 Å². The van der Waals surface area contributed by atoms with Crippen LogP contribution in [0.25, 0.3) is 5.76 Å². The van der Waals surface area contributed by atoms with Crippen LogP contribution in [0.1, 0.15) is 16.4 Å². The van der Waals surface area contributed by atoms with Crippen LogP contribution >= 0.6 is 11.6 Å². The first-order valence-electron chi connectivity index (χ1n) is 6.66. The van der Waals surface area contributed by atoms with Gasteiger partial charge in [-0.25, -0.2) is 8.42 Å². The Balaban J connectivity index is 1.88. The van der Waals surface area contributed by atoms with Crippen LogP contribution in [0.15, 0.2) is 56.9 Å². The van der Waals surface area contributed by atoms with Crippen molar-refractivity contribution in [3.63, 3.8) is 0 Å². The third-order valence-electron chi connectivity index (χ3n) is 3.09. The predicted octanol–water partition coefficient (Wildman–Crippen LogP) is 2.06. The van der Waals surface area contributed by atoms with Crippen LogP contribution in [-0.2, 0) is 9.84 Å². The second-order valence-corrected chi connectivity index (χ2v) is 7.12. The van der Waals surface area contributed by atoms with E-state index in [2.05, 4.69) is 20.6 Å². The number of H-pyrrole nitrogens is 1. The Morgan fingerprint density at radius 1 is 1.24 bits per heavy atom. The van der Waals surface area contributed by atoms with Crippen molar-refractivity contribution in [2.45, 2.75) is 9.79 Å².